The van der Waals surface area contributed by atoms with Gasteiger partial charge >= 0.3 is 0 Å². The number of hydrogen-bond acceptors (Lipinski definition) is 2. The molecule has 0 bridgehead atoms. The third kappa shape index (κ3) is 5.12. The van der Waals surface area contributed by atoms with Gasteiger partial charge in [-0.1, -0.05) is 53.7 Å². The smallest absolute Gasteiger partial charge is 0.229 e. The lowest BCUT2D eigenvalue weighted by atomic mass is 9.76. The van der Waals surface area contributed by atoms with Crippen LogP contribution in [0.4, 0.5) is 0 Å². The second-order valence-corrected chi connectivity index (χ2v) is 8.28. The molecule has 0 heterocycles. The van der Waals surface area contributed by atoms with Gasteiger partial charge in [0.05, 0.1) is 12.2 Å². The largest absolute Gasteiger partial charge is 0.385 e. The summed E-state index contributed by atoms with van der Waals surface area (Å²) >= 11 is 0. The van der Waals surface area contributed by atoms with Gasteiger partial charge in [-0.25, -0.2) is 0 Å². The molecule has 0 radical (unpaired) electrons. The van der Waals surface area contributed by atoms with Crippen LogP contribution in [0, 0.1) is 6.92 Å². The fourth-order valence-electron chi connectivity index (χ4n) is 2.62. The first kappa shape index (κ1) is 19.3. The van der Waals surface area contributed by atoms with Crippen molar-refractivity contribution in [2.45, 2.75) is 72.6 Å². The zero-order valence-corrected chi connectivity index (χ0v) is 15.9. The maximum Gasteiger partial charge on any atom is 0.229 e. The first-order chi connectivity index (χ1) is 10.4. The highest BCUT2D eigenvalue weighted by Crippen LogP contribution is 2.33. The third-order valence-corrected chi connectivity index (χ3v) is 4.14. The average molecular weight is 316 g/mol. The Hall–Kier alpha value is -1.77. The molecule has 0 aromatic heterocycles. The Bertz CT molecular complexity index is 614. The first-order valence-corrected chi connectivity index (χ1v) is 8.22. The van der Waals surface area contributed by atoms with E-state index in [4.69, 9.17) is 5.73 Å². The highest BCUT2D eigenvalue weighted by Gasteiger charge is 2.23. The minimum absolute atomic E-state index is 0.0406. The lowest BCUT2D eigenvalue weighted by molar-refractivity contribution is -0.119. The normalized spacial score (nSPS) is 13.1. The summed E-state index contributed by atoms with van der Waals surface area (Å²) in [7, 11) is 0. The van der Waals surface area contributed by atoms with Crippen molar-refractivity contribution in [1.82, 2.24) is 5.32 Å². The predicted molar refractivity (Wildman–Crippen MR) is 98.4 cm³/mol. The molecule has 1 aromatic rings. The van der Waals surface area contributed by atoms with Crippen LogP contribution in [0.15, 0.2) is 24.0 Å². The van der Waals surface area contributed by atoms with Gasteiger partial charge in [0.1, 0.15) is 0 Å². The van der Waals surface area contributed by atoms with Gasteiger partial charge in [-0.3, -0.25) is 4.79 Å². The Kier molecular flexibility index (Phi) is 5.68. The standard InChI is InChI=1S/C20H32N2O/c1-9-17(21)22-18(23)11-14-10-15(19(3,4)5)12-16(13(14)2)20(6,7)8/h9-10,12H,11,21H2,1-8H3,(H,22,23). The summed E-state index contributed by atoms with van der Waals surface area (Å²) in [5, 5.41) is 2.72. The highest BCUT2D eigenvalue weighted by molar-refractivity contribution is 5.80. The van der Waals surface area contributed by atoms with Gasteiger partial charge < -0.3 is 11.1 Å². The van der Waals surface area contributed by atoms with Crippen molar-refractivity contribution < 1.29 is 4.79 Å². The van der Waals surface area contributed by atoms with Crippen LogP contribution in [-0.4, -0.2) is 5.91 Å². The maximum atomic E-state index is 12.2. The number of carbonyl (C=O) groups is 1. The second kappa shape index (κ2) is 6.77. The van der Waals surface area contributed by atoms with E-state index in [2.05, 4.69) is 65.9 Å². The summed E-state index contributed by atoms with van der Waals surface area (Å²) in [5.41, 5.74) is 10.6. The Morgan fingerprint density at radius 2 is 1.70 bits per heavy atom. The van der Waals surface area contributed by atoms with Crippen molar-refractivity contribution in [3.8, 4) is 0 Å². The Balaban J connectivity index is 3.33. The van der Waals surface area contributed by atoms with Crippen molar-refractivity contribution in [1.29, 1.82) is 0 Å². The van der Waals surface area contributed by atoms with Gasteiger partial charge in [0, 0.05) is 0 Å². The van der Waals surface area contributed by atoms with Crippen LogP contribution < -0.4 is 11.1 Å². The third-order valence-electron chi connectivity index (χ3n) is 4.14. The monoisotopic (exact) mass is 316 g/mol. The van der Waals surface area contributed by atoms with Crippen molar-refractivity contribution in [2.75, 3.05) is 0 Å². The molecule has 0 atom stereocenters. The van der Waals surface area contributed by atoms with E-state index in [1.165, 1.54) is 16.7 Å². The van der Waals surface area contributed by atoms with E-state index < -0.39 is 0 Å². The Labute approximate surface area is 141 Å². The number of nitrogens with one attached hydrogen (secondary N) is 1. The molecule has 0 aliphatic carbocycles. The summed E-state index contributed by atoms with van der Waals surface area (Å²) in [4.78, 5) is 12.2. The molecule has 1 rings (SSSR count). The van der Waals surface area contributed by atoms with Gasteiger partial charge in [0.25, 0.3) is 0 Å². The lowest BCUT2D eigenvalue weighted by Gasteiger charge is -2.28. The van der Waals surface area contributed by atoms with E-state index in [0.717, 1.165) is 5.56 Å². The predicted octanol–water partition coefficient (Wildman–Crippen LogP) is 4.07. The molecule has 1 amide bonds. The van der Waals surface area contributed by atoms with E-state index in [1.54, 1.807) is 13.0 Å². The molecule has 0 saturated carbocycles. The summed E-state index contributed by atoms with van der Waals surface area (Å²) in [5.74, 6) is 0.324. The minimum atomic E-state index is -0.0744. The number of hydrogen-bond donors (Lipinski definition) is 2. The molecular formula is C20H32N2O. The van der Waals surface area contributed by atoms with E-state index in [0.29, 0.717) is 12.2 Å². The topological polar surface area (TPSA) is 55.1 Å². The minimum Gasteiger partial charge on any atom is -0.385 e. The molecule has 0 fully saturated rings. The quantitative estimate of drug-likeness (QED) is 0.883. The fraction of sp³-hybridized carbons (Fsp3) is 0.550. The van der Waals surface area contributed by atoms with Gasteiger partial charge in [0.2, 0.25) is 5.91 Å². The number of nitrogens with two attached hydrogens (primary N) is 1. The lowest BCUT2D eigenvalue weighted by Crippen LogP contribution is -2.29. The van der Waals surface area contributed by atoms with Crippen LogP contribution in [0.2, 0.25) is 0 Å². The molecule has 1 aromatic carbocycles. The van der Waals surface area contributed by atoms with Crippen LogP contribution in [0.3, 0.4) is 0 Å². The summed E-state index contributed by atoms with van der Waals surface area (Å²) in [6.07, 6.45) is 2.03. The van der Waals surface area contributed by atoms with Gasteiger partial charge in [-0.2, -0.15) is 0 Å². The molecule has 3 N–H and O–H groups in total. The van der Waals surface area contributed by atoms with Gasteiger partial charge in [-0.05, 0) is 53.0 Å². The molecule has 23 heavy (non-hydrogen) atoms. The molecule has 3 heteroatoms. The number of amides is 1. The first-order valence-electron chi connectivity index (χ1n) is 8.22. The summed E-state index contributed by atoms with van der Waals surface area (Å²) < 4.78 is 0. The second-order valence-electron chi connectivity index (χ2n) is 8.28. The fourth-order valence-corrected chi connectivity index (χ4v) is 2.62. The molecule has 0 unspecified atom stereocenters. The molecule has 128 valence electrons. The zero-order chi connectivity index (χ0) is 18.0. The maximum absolute atomic E-state index is 12.2. The van der Waals surface area contributed by atoms with E-state index in [9.17, 15) is 4.79 Å². The Morgan fingerprint density at radius 1 is 1.13 bits per heavy atom. The number of rotatable bonds is 3. The van der Waals surface area contributed by atoms with Gasteiger partial charge in [0.15, 0.2) is 0 Å². The molecule has 3 nitrogen and oxygen atoms in total. The van der Waals surface area contributed by atoms with Gasteiger partial charge in [-0.15, -0.1) is 0 Å². The van der Waals surface area contributed by atoms with Crippen molar-refractivity contribution in [2.24, 2.45) is 5.73 Å². The van der Waals surface area contributed by atoms with E-state index >= 15 is 0 Å². The molecular weight excluding hydrogens is 284 g/mol. The van der Waals surface area contributed by atoms with Crippen LogP contribution in [0.25, 0.3) is 0 Å². The number of carbonyl (C=O) groups excluding carboxylic acids is 1. The van der Waals surface area contributed by atoms with Crippen LogP contribution in [-0.2, 0) is 22.0 Å². The van der Waals surface area contributed by atoms with E-state index in [-0.39, 0.29) is 16.7 Å². The van der Waals surface area contributed by atoms with E-state index in [1.807, 2.05) is 0 Å². The molecule has 0 spiro atoms. The zero-order valence-electron chi connectivity index (χ0n) is 15.9. The van der Waals surface area contributed by atoms with Crippen LogP contribution in [0.5, 0.6) is 0 Å². The Morgan fingerprint density at radius 3 is 2.13 bits per heavy atom. The molecule has 0 saturated heterocycles. The summed E-state index contributed by atoms with van der Waals surface area (Å²) in [6, 6.07) is 4.45. The van der Waals surface area contributed by atoms with Crippen LogP contribution >= 0.6 is 0 Å². The van der Waals surface area contributed by atoms with Crippen molar-refractivity contribution in [3.63, 3.8) is 0 Å². The van der Waals surface area contributed by atoms with Crippen molar-refractivity contribution in [3.05, 3.63) is 46.3 Å². The van der Waals surface area contributed by atoms with Crippen LogP contribution in [0.1, 0.15) is 70.7 Å². The summed E-state index contributed by atoms with van der Waals surface area (Å²) in [6.45, 7) is 17.1. The number of allylic oxidation sites excluding steroid dienone is 1. The highest BCUT2D eigenvalue weighted by atomic mass is 16.1. The SMILES string of the molecule is CC=C(N)NC(=O)Cc1cc(C(C)(C)C)cc(C(C)(C)C)c1C. The number of benzene rings is 1. The molecule has 0 aliphatic rings. The molecule has 0 aliphatic heterocycles. The van der Waals surface area contributed by atoms with Crippen molar-refractivity contribution >= 4 is 5.91 Å². The average Bonchev–Trinajstić information content (AvgIpc) is 2.38.